The Morgan fingerprint density at radius 1 is 1.15 bits per heavy atom. The van der Waals surface area contributed by atoms with E-state index in [0.29, 0.717) is 11.1 Å². The quantitative estimate of drug-likeness (QED) is 0.865. The lowest BCUT2D eigenvalue weighted by Gasteiger charge is -2.10. The molecular weight excluding hydrogens is 260 g/mol. The number of benzene rings is 1. The van der Waals surface area contributed by atoms with E-state index in [4.69, 9.17) is 5.11 Å². The largest absolute Gasteiger partial charge is 0.481 e. The lowest BCUT2D eigenvalue weighted by Crippen LogP contribution is -2.38. The van der Waals surface area contributed by atoms with Gasteiger partial charge in [-0.05, 0) is 11.1 Å². The molecule has 0 saturated heterocycles. The van der Waals surface area contributed by atoms with Crippen molar-refractivity contribution in [2.45, 2.75) is 13.0 Å². The molecular formula is C14H14N2O4. The van der Waals surface area contributed by atoms with Gasteiger partial charge in [0, 0.05) is 19.3 Å². The molecule has 6 heteroatoms. The van der Waals surface area contributed by atoms with Crippen LogP contribution in [0.4, 0.5) is 0 Å². The van der Waals surface area contributed by atoms with Gasteiger partial charge in [-0.3, -0.25) is 14.2 Å². The summed E-state index contributed by atoms with van der Waals surface area (Å²) in [6, 6.07) is 8.19. The van der Waals surface area contributed by atoms with E-state index >= 15 is 0 Å². The summed E-state index contributed by atoms with van der Waals surface area (Å²) in [6.45, 7) is 0.0653. The van der Waals surface area contributed by atoms with Crippen LogP contribution in [-0.4, -0.2) is 20.2 Å². The van der Waals surface area contributed by atoms with E-state index in [2.05, 4.69) is 0 Å². The Morgan fingerprint density at radius 2 is 1.80 bits per heavy atom. The van der Waals surface area contributed by atoms with Gasteiger partial charge in [0.15, 0.2) is 0 Å². The Morgan fingerprint density at radius 3 is 2.45 bits per heavy atom. The van der Waals surface area contributed by atoms with Gasteiger partial charge in [0.25, 0.3) is 5.56 Å². The summed E-state index contributed by atoms with van der Waals surface area (Å²) in [7, 11) is 1.56. The van der Waals surface area contributed by atoms with Crippen LogP contribution in [0.15, 0.2) is 46.1 Å². The van der Waals surface area contributed by atoms with Crippen molar-refractivity contribution in [3.8, 4) is 0 Å². The van der Waals surface area contributed by atoms with Crippen LogP contribution in [0.3, 0.4) is 0 Å². The summed E-state index contributed by atoms with van der Waals surface area (Å²) in [5.41, 5.74) is 0.416. The van der Waals surface area contributed by atoms with Crippen LogP contribution in [0.25, 0.3) is 0 Å². The van der Waals surface area contributed by atoms with Gasteiger partial charge >= 0.3 is 11.7 Å². The number of aromatic nitrogens is 2. The van der Waals surface area contributed by atoms with E-state index in [1.54, 1.807) is 31.3 Å². The molecule has 104 valence electrons. The number of hydrogen-bond acceptors (Lipinski definition) is 3. The second-order valence-electron chi connectivity index (χ2n) is 4.47. The maximum Gasteiger partial charge on any atom is 0.331 e. The normalized spacial score (nSPS) is 10.4. The molecule has 20 heavy (non-hydrogen) atoms. The molecule has 0 aliphatic heterocycles. The highest BCUT2D eigenvalue weighted by Gasteiger charge is 2.09. The minimum absolute atomic E-state index is 0.0653. The highest BCUT2D eigenvalue weighted by atomic mass is 16.4. The molecule has 0 fully saturated rings. The molecule has 1 aromatic heterocycles. The Kier molecular flexibility index (Phi) is 3.84. The predicted octanol–water partition coefficient (Wildman–Crippen LogP) is 0.222. The summed E-state index contributed by atoms with van der Waals surface area (Å²) >= 11 is 0. The number of carboxylic acid groups (broad SMARTS) is 1. The molecule has 0 unspecified atom stereocenters. The van der Waals surface area contributed by atoms with Gasteiger partial charge in [-0.25, -0.2) is 4.79 Å². The van der Waals surface area contributed by atoms with Crippen molar-refractivity contribution in [1.29, 1.82) is 0 Å². The van der Waals surface area contributed by atoms with Crippen LogP contribution in [-0.2, 0) is 24.8 Å². The van der Waals surface area contributed by atoms with Crippen molar-refractivity contribution in [1.82, 2.24) is 9.13 Å². The zero-order valence-electron chi connectivity index (χ0n) is 10.9. The summed E-state index contributed by atoms with van der Waals surface area (Å²) in [6.07, 6.45) is 1.27. The summed E-state index contributed by atoms with van der Waals surface area (Å²) in [5, 5.41) is 8.88. The fourth-order valence-corrected chi connectivity index (χ4v) is 1.98. The van der Waals surface area contributed by atoms with E-state index < -0.39 is 17.2 Å². The van der Waals surface area contributed by atoms with Gasteiger partial charge in [-0.15, -0.1) is 0 Å². The third-order valence-electron chi connectivity index (χ3n) is 3.03. The third-order valence-corrected chi connectivity index (χ3v) is 3.03. The van der Waals surface area contributed by atoms with E-state index in [1.165, 1.54) is 16.8 Å². The standard InChI is InChI=1S/C14H14N2O4/c1-15-7-6-12(17)16(14(15)20)9-11-5-3-2-4-10(11)8-13(18)19/h2-7H,8-9H2,1H3,(H,18,19). The maximum absolute atomic E-state index is 11.9. The van der Waals surface area contributed by atoms with Crippen molar-refractivity contribution in [3.63, 3.8) is 0 Å². The second kappa shape index (κ2) is 5.56. The zero-order chi connectivity index (χ0) is 14.7. The van der Waals surface area contributed by atoms with Crippen molar-refractivity contribution < 1.29 is 9.90 Å². The van der Waals surface area contributed by atoms with Gasteiger partial charge in [0.05, 0.1) is 13.0 Å². The average Bonchev–Trinajstić information content (AvgIpc) is 2.40. The number of hydrogen-bond donors (Lipinski definition) is 1. The molecule has 0 radical (unpaired) electrons. The van der Waals surface area contributed by atoms with Gasteiger partial charge in [0.2, 0.25) is 0 Å². The van der Waals surface area contributed by atoms with Gasteiger partial charge < -0.3 is 9.67 Å². The topological polar surface area (TPSA) is 81.3 Å². The van der Waals surface area contributed by atoms with Crippen LogP contribution in [0, 0.1) is 0 Å². The first-order valence-corrected chi connectivity index (χ1v) is 6.04. The Hall–Kier alpha value is -2.63. The Balaban J connectivity index is 2.46. The fraction of sp³-hybridized carbons (Fsp3) is 0.214. The Bertz CT molecular complexity index is 758. The first-order chi connectivity index (χ1) is 9.49. The van der Waals surface area contributed by atoms with E-state index in [-0.39, 0.29) is 13.0 Å². The van der Waals surface area contributed by atoms with Crippen molar-refractivity contribution >= 4 is 5.97 Å². The molecule has 2 rings (SSSR count). The van der Waals surface area contributed by atoms with E-state index in [1.807, 2.05) is 0 Å². The first-order valence-electron chi connectivity index (χ1n) is 6.04. The van der Waals surface area contributed by atoms with Crippen LogP contribution < -0.4 is 11.2 Å². The molecule has 0 bridgehead atoms. The van der Waals surface area contributed by atoms with E-state index in [0.717, 1.165) is 4.57 Å². The molecule has 0 saturated carbocycles. The molecule has 2 aromatic rings. The van der Waals surface area contributed by atoms with Crippen LogP contribution in [0.2, 0.25) is 0 Å². The van der Waals surface area contributed by atoms with Crippen LogP contribution in [0.5, 0.6) is 0 Å². The van der Waals surface area contributed by atoms with Crippen molar-refractivity contribution in [2.24, 2.45) is 7.05 Å². The van der Waals surface area contributed by atoms with E-state index in [9.17, 15) is 14.4 Å². The lowest BCUT2D eigenvalue weighted by atomic mass is 10.0. The molecule has 1 aromatic carbocycles. The molecule has 0 amide bonds. The number of aliphatic carboxylic acids is 1. The zero-order valence-corrected chi connectivity index (χ0v) is 10.9. The molecule has 1 heterocycles. The fourth-order valence-electron chi connectivity index (χ4n) is 1.98. The monoisotopic (exact) mass is 274 g/mol. The summed E-state index contributed by atoms with van der Waals surface area (Å²) in [5.74, 6) is -0.953. The van der Waals surface area contributed by atoms with Gasteiger partial charge in [-0.1, -0.05) is 24.3 Å². The van der Waals surface area contributed by atoms with Gasteiger partial charge in [-0.2, -0.15) is 0 Å². The van der Waals surface area contributed by atoms with Crippen molar-refractivity contribution in [2.75, 3.05) is 0 Å². The van der Waals surface area contributed by atoms with Crippen LogP contribution >= 0.6 is 0 Å². The third kappa shape index (κ3) is 2.85. The highest BCUT2D eigenvalue weighted by Crippen LogP contribution is 2.10. The number of aryl methyl sites for hydroxylation is 1. The molecule has 0 aliphatic carbocycles. The first kappa shape index (κ1) is 13.8. The SMILES string of the molecule is Cn1ccc(=O)n(Cc2ccccc2CC(=O)O)c1=O. The number of rotatable bonds is 4. The molecule has 6 nitrogen and oxygen atoms in total. The highest BCUT2D eigenvalue weighted by molar-refractivity contribution is 5.70. The molecule has 0 atom stereocenters. The minimum atomic E-state index is -0.953. The smallest absolute Gasteiger partial charge is 0.331 e. The summed E-state index contributed by atoms with van der Waals surface area (Å²) < 4.78 is 2.39. The lowest BCUT2D eigenvalue weighted by molar-refractivity contribution is -0.136. The molecule has 0 spiro atoms. The number of carboxylic acids is 1. The maximum atomic E-state index is 11.9. The predicted molar refractivity (Wildman–Crippen MR) is 72.8 cm³/mol. The molecule has 1 N–H and O–H groups in total. The Labute approximate surface area is 114 Å². The minimum Gasteiger partial charge on any atom is -0.481 e. The van der Waals surface area contributed by atoms with Gasteiger partial charge in [0.1, 0.15) is 0 Å². The number of carbonyl (C=O) groups is 1. The summed E-state index contributed by atoms with van der Waals surface area (Å²) in [4.78, 5) is 34.5. The number of nitrogens with zero attached hydrogens (tertiary/aromatic N) is 2. The van der Waals surface area contributed by atoms with Crippen LogP contribution in [0.1, 0.15) is 11.1 Å². The molecule has 0 aliphatic rings. The van der Waals surface area contributed by atoms with Crippen molar-refractivity contribution in [3.05, 3.63) is 68.5 Å². The average molecular weight is 274 g/mol. The second-order valence-corrected chi connectivity index (χ2v) is 4.47.